The number of piperidine rings is 1. The average Bonchev–Trinajstić information content (AvgIpc) is 3.44. The molecule has 1 saturated heterocycles. The molecule has 0 aromatic heterocycles. The van der Waals surface area contributed by atoms with Gasteiger partial charge in [0.05, 0.1) is 5.92 Å². The second kappa shape index (κ2) is 7.03. The smallest absolute Gasteiger partial charge is 0.326 e. The SMILES string of the molecule is O=C(NC(C(=O)O)C1CC1)C1CCCN(C(=O)c2ccccc2)C1. The molecule has 3 rings (SSSR count). The number of carbonyl (C=O) groups excluding carboxylic acids is 2. The first-order valence-corrected chi connectivity index (χ1v) is 8.44. The molecule has 1 aromatic carbocycles. The van der Waals surface area contributed by atoms with Crippen LogP contribution in [0.15, 0.2) is 30.3 Å². The van der Waals surface area contributed by atoms with Gasteiger partial charge in [0.25, 0.3) is 5.91 Å². The maximum absolute atomic E-state index is 12.5. The highest BCUT2D eigenvalue weighted by Gasteiger charge is 2.39. The summed E-state index contributed by atoms with van der Waals surface area (Å²) in [6.45, 7) is 0.971. The maximum atomic E-state index is 12.5. The second-order valence-electron chi connectivity index (χ2n) is 6.62. The molecule has 6 heteroatoms. The number of hydrogen-bond acceptors (Lipinski definition) is 3. The third-order valence-electron chi connectivity index (χ3n) is 4.76. The molecule has 1 heterocycles. The van der Waals surface area contributed by atoms with Crippen LogP contribution in [0.4, 0.5) is 0 Å². The standard InChI is InChI=1S/C18H22N2O4/c21-16(19-15(18(23)24)12-8-9-12)14-7-4-10-20(11-14)17(22)13-5-2-1-3-6-13/h1-3,5-6,12,14-15H,4,7-11H2,(H,19,21)(H,23,24). The van der Waals surface area contributed by atoms with Crippen molar-refractivity contribution in [3.63, 3.8) is 0 Å². The van der Waals surface area contributed by atoms with E-state index in [1.807, 2.05) is 18.2 Å². The summed E-state index contributed by atoms with van der Waals surface area (Å²) >= 11 is 0. The van der Waals surface area contributed by atoms with Crippen molar-refractivity contribution < 1.29 is 19.5 Å². The van der Waals surface area contributed by atoms with Gasteiger partial charge >= 0.3 is 5.97 Å². The minimum absolute atomic E-state index is 0.0529. The van der Waals surface area contributed by atoms with Crippen LogP contribution in [0.25, 0.3) is 0 Å². The van der Waals surface area contributed by atoms with Crippen LogP contribution in [0.1, 0.15) is 36.0 Å². The van der Waals surface area contributed by atoms with Crippen molar-refractivity contribution in [3.8, 4) is 0 Å². The first-order valence-electron chi connectivity index (χ1n) is 8.44. The first kappa shape index (κ1) is 16.5. The van der Waals surface area contributed by atoms with E-state index in [9.17, 15) is 19.5 Å². The zero-order valence-corrected chi connectivity index (χ0v) is 13.5. The Labute approximate surface area is 140 Å². The fraction of sp³-hybridized carbons (Fsp3) is 0.500. The van der Waals surface area contributed by atoms with E-state index in [1.54, 1.807) is 17.0 Å². The number of likely N-dealkylation sites (tertiary alicyclic amines) is 1. The summed E-state index contributed by atoms with van der Waals surface area (Å²) in [7, 11) is 0. The fourth-order valence-electron chi connectivity index (χ4n) is 3.22. The molecule has 2 amide bonds. The lowest BCUT2D eigenvalue weighted by molar-refractivity contribution is -0.143. The molecule has 2 unspecified atom stereocenters. The number of hydrogen-bond donors (Lipinski definition) is 2. The number of rotatable bonds is 5. The summed E-state index contributed by atoms with van der Waals surface area (Å²) in [5, 5.41) is 11.9. The van der Waals surface area contributed by atoms with Crippen molar-refractivity contribution >= 4 is 17.8 Å². The van der Waals surface area contributed by atoms with E-state index in [0.29, 0.717) is 25.1 Å². The number of nitrogens with zero attached hydrogens (tertiary/aromatic N) is 1. The molecule has 2 atom stereocenters. The van der Waals surface area contributed by atoms with Crippen molar-refractivity contribution in [2.75, 3.05) is 13.1 Å². The summed E-state index contributed by atoms with van der Waals surface area (Å²) in [6.07, 6.45) is 3.13. The van der Waals surface area contributed by atoms with Gasteiger partial charge in [-0.3, -0.25) is 9.59 Å². The minimum atomic E-state index is -0.973. The van der Waals surface area contributed by atoms with Gasteiger partial charge in [-0.2, -0.15) is 0 Å². The maximum Gasteiger partial charge on any atom is 0.326 e. The summed E-state index contributed by atoms with van der Waals surface area (Å²) in [4.78, 5) is 37.9. The highest BCUT2D eigenvalue weighted by Crippen LogP contribution is 2.33. The number of benzene rings is 1. The van der Waals surface area contributed by atoms with Crippen molar-refractivity contribution in [3.05, 3.63) is 35.9 Å². The number of carboxylic acids is 1. The third kappa shape index (κ3) is 3.75. The zero-order chi connectivity index (χ0) is 17.1. The van der Waals surface area contributed by atoms with Crippen molar-refractivity contribution in [1.82, 2.24) is 10.2 Å². The van der Waals surface area contributed by atoms with Crippen LogP contribution in [-0.4, -0.2) is 46.9 Å². The van der Waals surface area contributed by atoms with Crippen molar-refractivity contribution in [2.24, 2.45) is 11.8 Å². The highest BCUT2D eigenvalue weighted by molar-refractivity contribution is 5.94. The molecule has 0 radical (unpaired) electrons. The zero-order valence-electron chi connectivity index (χ0n) is 13.5. The van der Waals surface area contributed by atoms with Gasteiger partial charge in [0.15, 0.2) is 0 Å². The molecule has 6 nitrogen and oxygen atoms in total. The van der Waals surface area contributed by atoms with Gasteiger partial charge in [-0.1, -0.05) is 18.2 Å². The van der Waals surface area contributed by atoms with Crippen molar-refractivity contribution in [2.45, 2.75) is 31.7 Å². The number of aliphatic carboxylic acids is 1. The van der Waals surface area contributed by atoms with Crippen LogP contribution in [0, 0.1) is 11.8 Å². The van der Waals surface area contributed by atoms with E-state index in [-0.39, 0.29) is 23.7 Å². The number of amides is 2. The Hall–Kier alpha value is -2.37. The Kier molecular flexibility index (Phi) is 4.83. The third-order valence-corrected chi connectivity index (χ3v) is 4.76. The van der Waals surface area contributed by atoms with Crippen LogP contribution >= 0.6 is 0 Å². The van der Waals surface area contributed by atoms with Gasteiger partial charge in [0.2, 0.25) is 5.91 Å². The molecular weight excluding hydrogens is 308 g/mol. The lowest BCUT2D eigenvalue weighted by Gasteiger charge is -2.32. The Bertz CT molecular complexity index is 627. The van der Waals surface area contributed by atoms with Gasteiger partial charge in [-0.05, 0) is 43.7 Å². The van der Waals surface area contributed by atoms with Crippen LogP contribution in [0.5, 0.6) is 0 Å². The summed E-state index contributed by atoms with van der Waals surface area (Å²) < 4.78 is 0. The van der Waals surface area contributed by atoms with E-state index < -0.39 is 12.0 Å². The average molecular weight is 330 g/mol. The molecule has 2 aliphatic rings. The lowest BCUT2D eigenvalue weighted by Crippen LogP contribution is -2.50. The molecule has 1 aliphatic carbocycles. The van der Waals surface area contributed by atoms with Gasteiger partial charge < -0.3 is 15.3 Å². The molecular formula is C18H22N2O4. The Morgan fingerprint density at radius 2 is 1.83 bits per heavy atom. The van der Waals surface area contributed by atoms with Gasteiger partial charge in [-0.15, -0.1) is 0 Å². The number of carboxylic acid groups (broad SMARTS) is 1. The minimum Gasteiger partial charge on any atom is -0.480 e. The van der Waals surface area contributed by atoms with E-state index in [2.05, 4.69) is 5.32 Å². The van der Waals surface area contributed by atoms with E-state index in [4.69, 9.17) is 0 Å². The van der Waals surface area contributed by atoms with Gasteiger partial charge in [0.1, 0.15) is 6.04 Å². The predicted molar refractivity (Wildman–Crippen MR) is 87.4 cm³/mol. The Morgan fingerprint density at radius 3 is 2.46 bits per heavy atom. The monoisotopic (exact) mass is 330 g/mol. The van der Waals surface area contributed by atoms with Crippen LogP contribution in [0.2, 0.25) is 0 Å². The fourth-order valence-corrected chi connectivity index (χ4v) is 3.22. The number of carbonyl (C=O) groups is 3. The van der Waals surface area contributed by atoms with E-state index in [1.165, 1.54) is 0 Å². The van der Waals surface area contributed by atoms with Gasteiger partial charge in [-0.25, -0.2) is 4.79 Å². The van der Waals surface area contributed by atoms with E-state index in [0.717, 1.165) is 19.3 Å². The summed E-state index contributed by atoms with van der Waals surface area (Å²) in [5.74, 6) is -1.59. The lowest BCUT2D eigenvalue weighted by atomic mass is 9.96. The van der Waals surface area contributed by atoms with Crippen LogP contribution < -0.4 is 5.32 Å². The van der Waals surface area contributed by atoms with Crippen LogP contribution in [-0.2, 0) is 9.59 Å². The normalized spacial score (nSPS) is 21.8. The molecule has 1 saturated carbocycles. The Balaban J connectivity index is 1.61. The molecule has 2 fully saturated rings. The van der Waals surface area contributed by atoms with Gasteiger partial charge in [0, 0.05) is 18.7 Å². The summed E-state index contributed by atoms with van der Waals surface area (Å²) in [5.41, 5.74) is 0.611. The molecule has 0 bridgehead atoms. The Morgan fingerprint density at radius 1 is 1.12 bits per heavy atom. The topological polar surface area (TPSA) is 86.7 Å². The summed E-state index contributed by atoms with van der Waals surface area (Å²) in [6, 6.07) is 8.22. The molecule has 1 aromatic rings. The van der Waals surface area contributed by atoms with E-state index >= 15 is 0 Å². The molecule has 1 aliphatic heterocycles. The number of nitrogens with one attached hydrogen (secondary N) is 1. The predicted octanol–water partition coefficient (Wildman–Crippen LogP) is 1.52. The molecule has 24 heavy (non-hydrogen) atoms. The first-order chi connectivity index (χ1) is 11.6. The molecule has 128 valence electrons. The quantitative estimate of drug-likeness (QED) is 0.857. The highest BCUT2D eigenvalue weighted by atomic mass is 16.4. The second-order valence-corrected chi connectivity index (χ2v) is 6.62. The van der Waals surface area contributed by atoms with Crippen molar-refractivity contribution in [1.29, 1.82) is 0 Å². The largest absolute Gasteiger partial charge is 0.480 e. The molecule has 2 N–H and O–H groups in total. The molecule has 0 spiro atoms. The van der Waals surface area contributed by atoms with Crippen LogP contribution in [0.3, 0.4) is 0 Å².